The van der Waals surface area contributed by atoms with Gasteiger partial charge in [0, 0.05) is 30.3 Å². The van der Waals surface area contributed by atoms with Crippen molar-refractivity contribution < 1.29 is 4.79 Å². The van der Waals surface area contributed by atoms with Gasteiger partial charge in [-0.25, -0.2) is 0 Å². The van der Waals surface area contributed by atoms with Crippen molar-refractivity contribution in [1.29, 1.82) is 0 Å². The number of pyridine rings is 1. The number of likely N-dealkylation sites (tertiary alicyclic amines) is 1. The molecule has 2 aromatic heterocycles. The van der Waals surface area contributed by atoms with Crippen LogP contribution in [0.5, 0.6) is 0 Å². The Balaban J connectivity index is 1.92. The first kappa shape index (κ1) is 13.2. The van der Waals surface area contributed by atoms with Gasteiger partial charge in [0.2, 0.25) is 0 Å². The molecule has 1 unspecified atom stereocenters. The first-order valence-electron chi connectivity index (χ1n) is 7.23. The second-order valence-corrected chi connectivity index (χ2v) is 5.79. The van der Waals surface area contributed by atoms with E-state index in [1.165, 1.54) is 13.0 Å². The molecule has 0 aromatic carbocycles. The quantitative estimate of drug-likeness (QED) is 0.803. The Morgan fingerprint density at radius 1 is 1.40 bits per heavy atom. The van der Waals surface area contributed by atoms with Crippen molar-refractivity contribution in [3.8, 4) is 0 Å². The molecule has 20 heavy (non-hydrogen) atoms. The molecular weight excluding hydrogens is 252 g/mol. The maximum Gasteiger partial charge on any atom is 0.161 e. The summed E-state index contributed by atoms with van der Waals surface area (Å²) in [7, 11) is 0. The summed E-state index contributed by atoms with van der Waals surface area (Å²) < 4.78 is 2.02. The van der Waals surface area contributed by atoms with Crippen LogP contribution in [0.1, 0.15) is 48.8 Å². The van der Waals surface area contributed by atoms with Crippen LogP contribution < -0.4 is 0 Å². The summed E-state index contributed by atoms with van der Waals surface area (Å²) in [5, 5.41) is 8.57. The number of aromatic nitrogens is 3. The molecule has 0 amide bonds. The number of hydrogen-bond acceptors (Lipinski definition) is 4. The summed E-state index contributed by atoms with van der Waals surface area (Å²) in [6.45, 7) is 6.68. The van der Waals surface area contributed by atoms with E-state index in [1.807, 2.05) is 16.7 Å². The minimum atomic E-state index is 0.420. The van der Waals surface area contributed by atoms with E-state index in [0.29, 0.717) is 17.5 Å². The zero-order valence-electron chi connectivity index (χ0n) is 12.0. The van der Waals surface area contributed by atoms with Crippen LogP contribution in [0.4, 0.5) is 0 Å². The highest BCUT2D eigenvalue weighted by Crippen LogP contribution is 2.27. The molecule has 2 aromatic rings. The van der Waals surface area contributed by atoms with Crippen LogP contribution in [-0.2, 0) is 0 Å². The lowest BCUT2D eigenvalue weighted by atomic mass is 9.96. The first-order valence-corrected chi connectivity index (χ1v) is 7.23. The molecule has 0 aliphatic carbocycles. The molecule has 5 heteroatoms. The van der Waals surface area contributed by atoms with Gasteiger partial charge in [-0.3, -0.25) is 9.20 Å². The number of carbonyl (C=O) groups excluding carboxylic acids is 1. The Hall–Kier alpha value is -1.75. The van der Waals surface area contributed by atoms with E-state index in [0.717, 1.165) is 30.7 Å². The van der Waals surface area contributed by atoms with Crippen molar-refractivity contribution in [3.05, 3.63) is 29.7 Å². The standard InChI is InChI=1S/C15H20N4O/c1-11(2)18-6-3-4-13(9-18)15-17-16-14-8-12(10-20)5-7-19(14)15/h5,7-8,10-11,13H,3-4,6,9H2,1-2H3. The highest BCUT2D eigenvalue weighted by atomic mass is 16.1. The maximum atomic E-state index is 10.8. The molecule has 5 nitrogen and oxygen atoms in total. The molecule has 0 bridgehead atoms. The molecule has 1 fully saturated rings. The smallest absolute Gasteiger partial charge is 0.161 e. The third-order valence-corrected chi connectivity index (χ3v) is 4.14. The van der Waals surface area contributed by atoms with Gasteiger partial charge < -0.3 is 4.90 Å². The van der Waals surface area contributed by atoms with E-state index in [-0.39, 0.29) is 0 Å². The highest BCUT2D eigenvalue weighted by Gasteiger charge is 2.26. The number of piperidine rings is 1. The van der Waals surface area contributed by atoms with Crippen LogP contribution in [-0.4, -0.2) is 44.9 Å². The second-order valence-electron chi connectivity index (χ2n) is 5.79. The molecule has 1 aliphatic heterocycles. The molecule has 0 N–H and O–H groups in total. The molecule has 0 radical (unpaired) electrons. The Labute approximate surface area is 118 Å². The minimum Gasteiger partial charge on any atom is -0.300 e. The molecule has 1 aliphatic rings. The van der Waals surface area contributed by atoms with Crippen LogP contribution in [0.25, 0.3) is 5.65 Å². The van der Waals surface area contributed by atoms with E-state index in [4.69, 9.17) is 0 Å². The van der Waals surface area contributed by atoms with Gasteiger partial charge in [0.05, 0.1) is 0 Å². The first-order chi connectivity index (χ1) is 9.69. The number of carbonyl (C=O) groups is 1. The summed E-state index contributed by atoms with van der Waals surface area (Å²) in [5.74, 6) is 1.44. The van der Waals surface area contributed by atoms with E-state index in [2.05, 4.69) is 28.9 Å². The number of aldehydes is 1. The van der Waals surface area contributed by atoms with Crippen molar-refractivity contribution in [2.24, 2.45) is 0 Å². The van der Waals surface area contributed by atoms with Crippen molar-refractivity contribution in [1.82, 2.24) is 19.5 Å². The fraction of sp³-hybridized carbons (Fsp3) is 0.533. The molecular formula is C15H20N4O. The number of rotatable bonds is 3. The molecule has 0 saturated carbocycles. The van der Waals surface area contributed by atoms with Gasteiger partial charge in [-0.05, 0) is 45.4 Å². The largest absolute Gasteiger partial charge is 0.300 e. The minimum absolute atomic E-state index is 0.420. The Bertz CT molecular complexity index is 619. The van der Waals surface area contributed by atoms with Gasteiger partial charge in [-0.15, -0.1) is 10.2 Å². The zero-order chi connectivity index (χ0) is 14.1. The molecule has 1 saturated heterocycles. The van der Waals surface area contributed by atoms with Crippen molar-refractivity contribution in [3.63, 3.8) is 0 Å². The average Bonchev–Trinajstić information content (AvgIpc) is 2.90. The lowest BCUT2D eigenvalue weighted by Crippen LogP contribution is -2.39. The van der Waals surface area contributed by atoms with E-state index < -0.39 is 0 Å². The normalized spacial score (nSPS) is 20.6. The maximum absolute atomic E-state index is 10.8. The fourth-order valence-corrected chi connectivity index (χ4v) is 2.96. The van der Waals surface area contributed by atoms with Gasteiger partial charge >= 0.3 is 0 Å². The summed E-state index contributed by atoms with van der Waals surface area (Å²) in [6, 6.07) is 4.17. The summed E-state index contributed by atoms with van der Waals surface area (Å²) in [6.07, 6.45) is 5.10. The third-order valence-electron chi connectivity index (χ3n) is 4.14. The van der Waals surface area contributed by atoms with Gasteiger partial charge in [0.15, 0.2) is 5.65 Å². The second kappa shape index (κ2) is 5.32. The van der Waals surface area contributed by atoms with E-state index >= 15 is 0 Å². The van der Waals surface area contributed by atoms with E-state index in [9.17, 15) is 4.79 Å². The summed E-state index contributed by atoms with van der Waals surface area (Å²) >= 11 is 0. The third kappa shape index (κ3) is 2.33. The summed E-state index contributed by atoms with van der Waals surface area (Å²) in [5.41, 5.74) is 1.40. The average molecular weight is 272 g/mol. The Kier molecular flexibility index (Phi) is 3.53. The van der Waals surface area contributed by atoms with Crippen molar-refractivity contribution in [2.75, 3.05) is 13.1 Å². The molecule has 3 rings (SSSR count). The molecule has 1 atom stereocenters. The van der Waals surface area contributed by atoms with Crippen LogP contribution in [0.3, 0.4) is 0 Å². The Morgan fingerprint density at radius 2 is 2.25 bits per heavy atom. The lowest BCUT2D eigenvalue weighted by Gasteiger charge is -2.34. The number of nitrogens with zero attached hydrogens (tertiary/aromatic N) is 4. The number of fused-ring (bicyclic) bond motifs is 1. The highest BCUT2D eigenvalue weighted by molar-refractivity contribution is 5.76. The summed E-state index contributed by atoms with van der Waals surface area (Å²) in [4.78, 5) is 13.3. The molecule has 106 valence electrons. The molecule has 3 heterocycles. The fourth-order valence-electron chi connectivity index (χ4n) is 2.96. The predicted molar refractivity (Wildman–Crippen MR) is 77.1 cm³/mol. The van der Waals surface area contributed by atoms with Crippen LogP contribution >= 0.6 is 0 Å². The van der Waals surface area contributed by atoms with Gasteiger partial charge in [-0.2, -0.15) is 0 Å². The van der Waals surface area contributed by atoms with Gasteiger partial charge in [0.25, 0.3) is 0 Å². The monoisotopic (exact) mass is 272 g/mol. The predicted octanol–water partition coefficient (Wildman–Crippen LogP) is 2.13. The van der Waals surface area contributed by atoms with Crippen LogP contribution in [0.15, 0.2) is 18.3 Å². The molecule has 0 spiro atoms. The van der Waals surface area contributed by atoms with Gasteiger partial charge in [-0.1, -0.05) is 0 Å². The van der Waals surface area contributed by atoms with Gasteiger partial charge in [0.1, 0.15) is 12.1 Å². The van der Waals surface area contributed by atoms with Crippen molar-refractivity contribution in [2.45, 2.75) is 38.6 Å². The van der Waals surface area contributed by atoms with E-state index in [1.54, 1.807) is 6.07 Å². The van der Waals surface area contributed by atoms with Crippen LogP contribution in [0, 0.1) is 0 Å². The SMILES string of the molecule is CC(C)N1CCCC(c2nnc3cc(C=O)ccn23)C1. The van der Waals surface area contributed by atoms with Crippen molar-refractivity contribution >= 4 is 11.9 Å². The number of hydrogen-bond donors (Lipinski definition) is 0. The van der Waals surface area contributed by atoms with Crippen LogP contribution in [0.2, 0.25) is 0 Å². The zero-order valence-corrected chi connectivity index (χ0v) is 12.0. The Morgan fingerprint density at radius 3 is 3.00 bits per heavy atom. The lowest BCUT2D eigenvalue weighted by molar-refractivity contribution is 0.112. The topological polar surface area (TPSA) is 50.5 Å².